The smallest absolute Gasteiger partial charge is 0.193 e. The lowest BCUT2D eigenvalue weighted by Crippen LogP contribution is -2.12. The molecule has 0 aliphatic heterocycles. The Labute approximate surface area is 96.9 Å². The number of thiazole rings is 1. The van der Waals surface area contributed by atoms with Gasteiger partial charge in [0.25, 0.3) is 0 Å². The van der Waals surface area contributed by atoms with E-state index in [4.69, 9.17) is 21.8 Å². The van der Waals surface area contributed by atoms with Gasteiger partial charge in [-0.25, -0.2) is 4.98 Å². The predicted molar refractivity (Wildman–Crippen MR) is 61.2 cm³/mol. The first-order chi connectivity index (χ1) is 7.15. The lowest BCUT2D eigenvalue weighted by atomic mass is 10.1. The van der Waals surface area contributed by atoms with Gasteiger partial charge in [0.1, 0.15) is 5.76 Å². The second-order valence-corrected chi connectivity index (χ2v) is 4.75. The molecular weight excluding hydrogens is 232 g/mol. The van der Waals surface area contributed by atoms with Crippen molar-refractivity contribution < 1.29 is 4.42 Å². The number of halogens is 1. The van der Waals surface area contributed by atoms with E-state index in [1.807, 2.05) is 12.3 Å². The Morgan fingerprint density at radius 3 is 2.93 bits per heavy atom. The molecule has 1 unspecified atom stereocenters. The van der Waals surface area contributed by atoms with Crippen molar-refractivity contribution in [1.82, 2.24) is 4.98 Å². The van der Waals surface area contributed by atoms with Crippen molar-refractivity contribution in [2.75, 3.05) is 0 Å². The third-order valence-electron chi connectivity index (χ3n) is 2.06. The number of furan rings is 1. The molecule has 2 aromatic rings. The lowest BCUT2D eigenvalue weighted by Gasteiger charge is -2.05. The Balaban J connectivity index is 2.06. The van der Waals surface area contributed by atoms with Gasteiger partial charge < -0.3 is 10.2 Å². The third-order valence-corrected chi connectivity index (χ3v) is 3.08. The molecule has 3 nitrogen and oxygen atoms in total. The van der Waals surface area contributed by atoms with Crippen molar-refractivity contribution in [1.29, 1.82) is 0 Å². The quantitative estimate of drug-likeness (QED) is 0.900. The number of hydrogen-bond donors (Lipinski definition) is 1. The van der Waals surface area contributed by atoms with Crippen LogP contribution in [0, 0.1) is 6.92 Å². The van der Waals surface area contributed by atoms with E-state index in [2.05, 4.69) is 4.98 Å². The third kappa shape index (κ3) is 2.59. The Hall–Kier alpha value is -0.840. The van der Waals surface area contributed by atoms with E-state index in [-0.39, 0.29) is 6.04 Å². The monoisotopic (exact) mass is 242 g/mol. The SMILES string of the molecule is Cc1nc(CC(N)c2ccc(Cl)o2)cs1. The van der Waals surface area contributed by atoms with Crippen LogP contribution in [0.1, 0.15) is 22.5 Å². The predicted octanol–water partition coefficient (Wildman–Crippen LogP) is 2.94. The minimum Gasteiger partial charge on any atom is -0.448 e. The van der Waals surface area contributed by atoms with Gasteiger partial charge in [0, 0.05) is 11.8 Å². The number of aromatic nitrogens is 1. The van der Waals surface area contributed by atoms with E-state index >= 15 is 0 Å². The maximum absolute atomic E-state index is 5.96. The Bertz CT molecular complexity index is 452. The van der Waals surface area contributed by atoms with Crippen molar-refractivity contribution >= 4 is 22.9 Å². The number of nitrogens with two attached hydrogens (primary N) is 1. The van der Waals surface area contributed by atoms with E-state index in [0.717, 1.165) is 10.7 Å². The Kier molecular flexibility index (Phi) is 3.09. The summed E-state index contributed by atoms with van der Waals surface area (Å²) < 4.78 is 5.24. The number of rotatable bonds is 3. The first-order valence-corrected chi connectivity index (χ1v) is 5.83. The van der Waals surface area contributed by atoms with Crippen molar-refractivity contribution in [3.63, 3.8) is 0 Å². The van der Waals surface area contributed by atoms with Crippen LogP contribution in [0.2, 0.25) is 5.22 Å². The molecule has 0 fully saturated rings. The number of nitrogens with zero attached hydrogens (tertiary/aromatic N) is 1. The molecule has 0 aliphatic carbocycles. The molecule has 2 rings (SSSR count). The topological polar surface area (TPSA) is 52.0 Å². The Morgan fingerprint density at radius 1 is 1.60 bits per heavy atom. The normalized spacial score (nSPS) is 13.0. The largest absolute Gasteiger partial charge is 0.448 e. The summed E-state index contributed by atoms with van der Waals surface area (Å²) in [5, 5.41) is 3.43. The molecule has 80 valence electrons. The molecule has 0 saturated carbocycles. The summed E-state index contributed by atoms with van der Waals surface area (Å²) in [6, 6.07) is 3.31. The summed E-state index contributed by atoms with van der Waals surface area (Å²) >= 11 is 7.30. The van der Waals surface area contributed by atoms with Gasteiger partial charge >= 0.3 is 0 Å². The van der Waals surface area contributed by atoms with Crippen LogP contribution in [-0.4, -0.2) is 4.98 Å². The van der Waals surface area contributed by atoms with Crippen molar-refractivity contribution in [2.45, 2.75) is 19.4 Å². The molecule has 15 heavy (non-hydrogen) atoms. The Morgan fingerprint density at radius 2 is 2.40 bits per heavy atom. The van der Waals surface area contributed by atoms with E-state index in [0.29, 0.717) is 17.4 Å². The van der Waals surface area contributed by atoms with Gasteiger partial charge in [-0.05, 0) is 30.7 Å². The van der Waals surface area contributed by atoms with Crippen LogP contribution >= 0.6 is 22.9 Å². The van der Waals surface area contributed by atoms with E-state index in [9.17, 15) is 0 Å². The first kappa shape index (κ1) is 10.7. The molecule has 2 N–H and O–H groups in total. The molecule has 0 radical (unpaired) electrons. The van der Waals surface area contributed by atoms with Gasteiger partial charge in [-0.15, -0.1) is 11.3 Å². The molecule has 0 saturated heterocycles. The number of aryl methyl sites for hydroxylation is 1. The van der Waals surface area contributed by atoms with Crippen LogP contribution in [0.25, 0.3) is 0 Å². The van der Waals surface area contributed by atoms with Crippen LogP contribution in [0.15, 0.2) is 21.9 Å². The van der Waals surface area contributed by atoms with Crippen molar-refractivity contribution in [3.8, 4) is 0 Å². The van der Waals surface area contributed by atoms with Gasteiger partial charge in [-0.1, -0.05) is 0 Å². The van der Waals surface area contributed by atoms with Gasteiger partial charge in [-0.2, -0.15) is 0 Å². The second kappa shape index (κ2) is 4.35. The highest BCUT2D eigenvalue weighted by molar-refractivity contribution is 7.09. The summed E-state index contributed by atoms with van der Waals surface area (Å²) in [5.41, 5.74) is 6.96. The summed E-state index contributed by atoms with van der Waals surface area (Å²) in [5.74, 6) is 0.700. The van der Waals surface area contributed by atoms with Crippen LogP contribution in [0.5, 0.6) is 0 Å². The maximum atomic E-state index is 5.96. The molecule has 0 amide bonds. The molecule has 0 spiro atoms. The molecule has 2 heterocycles. The van der Waals surface area contributed by atoms with E-state index < -0.39 is 0 Å². The van der Waals surface area contributed by atoms with E-state index in [1.165, 1.54) is 0 Å². The van der Waals surface area contributed by atoms with Crippen LogP contribution < -0.4 is 5.73 Å². The van der Waals surface area contributed by atoms with Crippen molar-refractivity contribution in [3.05, 3.63) is 39.2 Å². The highest BCUT2D eigenvalue weighted by Crippen LogP contribution is 2.21. The standard InChI is InChI=1S/C10H11ClN2OS/c1-6-13-7(5-15-6)4-8(12)9-2-3-10(11)14-9/h2-3,5,8H,4,12H2,1H3. The molecular formula is C10H11ClN2OS. The van der Waals surface area contributed by atoms with Crippen LogP contribution in [0.4, 0.5) is 0 Å². The minimum absolute atomic E-state index is 0.181. The zero-order valence-corrected chi connectivity index (χ0v) is 9.81. The van der Waals surface area contributed by atoms with Gasteiger partial charge in [0.2, 0.25) is 0 Å². The number of hydrogen-bond acceptors (Lipinski definition) is 4. The summed E-state index contributed by atoms with van der Waals surface area (Å²) in [7, 11) is 0. The van der Waals surface area contributed by atoms with Gasteiger partial charge in [-0.3, -0.25) is 0 Å². The fourth-order valence-corrected chi connectivity index (χ4v) is 2.13. The molecule has 2 aromatic heterocycles. The molecule has 0 bridgehead atoms. The zero-order chi connectivity index (χ0) is 10.8. The lowest BCUT2D eigenvalue weighted by molar-refractivity contribution is 0.464. The van der Waals surface area contributed by atoms with E-state index in [1.54, 1.807) is 23.5 Å². The summed E-state index contributed by atoms with van der Waals surface area (Å²) in [4.78, 5) is 4.35. The fourth-order valence-electron chi connectivity index (χ4n) is 1.36. The highest BCUT2D eigenvalue weighted by Gasteiger charge is 2.12. The average molecular weight is 243 g/mol. The summed E-state index contributed by atoms with van der Waals surface area (Å²) in [6.07, 6.45) is 0.675. The summed E-state index contributed by atoms with van der Waals surface area (Å²) in [6.45, 7) is 1.98. The molecule has 5 heteroatoms. The molecule has 0 aliphatic rings. The average Bonchev–Trinajstić information content (AvgIpc) is 2.75. The van der Waals surface area contributed by atoms with Crippen molar-refractivity contribution in [2.24, 2.45) is 5.73 Å². The van der Waals surface area contributed by atoms with Gasteiger partial charge in [0.15, 0.2) is 5.22 Å². The molecule has 1 atom stereocenters. The second-order valence-electron chi connectivity index (χ2n) is 3.31. The minimum atomic E-state index is -0.181. The van der Waals surface area contributed by atoms with Crippen LogP contribution in [0.3, 0.4) is 0 Å². The van der Waals surface area contributed by atoms with Crippen LogP contribution in [-0.2, 0) is 6.42 Å². The molecule has 0 aromatic carbocycles. The first-order valence-electron chi connectivity index (χ1n) is 4.57. The maximum Gasteiger partial charge on any atom is 0.193 e. The highest BCUT2D eigenvalue weighted by atomic mass is 35.5. The fraction of sp³-hybridized carbons (Fsp3) is 0.300. The van der Waals surface area contributed by atoms with Gasteiger partial charge in [0.05, 0.1) is 16.7 Å². The zero-order valence-electron chi connectivity index (χ0n) is 8.24.